The highest BCUT2D eigenvalue weighted by Gasteiger charge is 2.22. The third kappa shape index (κ3) is 4.89. The number of carbonyl (C=O) groups excluding carboxylic acids is 1. The summed E-state index contributed by atoms with van der Waals surface area (Å²) in [5, 5.41) is 12.9. The van der Waals surface area contributed by atoms with Crippen LogP contribution < -0.4 is 11.1 Å². The largest absolute Gasteiger partial charge is 0.399 e. The van der Waals surface area contributed by atoms with Gasteiger partial charge in [-0.2, -0.15) is 0 Å². The van der Waals surface area contributed by atoms with E-state index < -0.39 is 5.60 Å². The SMILES string of the molecule is Cc1ccc(N)cc1C(=O)NCC(C)(O)CN(C)C. The summed E-state index contributed by atoms with van der Waals surface area (Å²) in [6.07, 6.45) is 0. The van der Waals surface area contributed by atoms with Gasteiger partial charge in [-0.15, -0.1) is 0 Å². The topological polar surface area (TPSA) is 78.6 Å². The summed E-state index contributed by atoms with van der Waals surface area (Å²) < 4.78 is 0. The summed E-state index contributed by atoms with van der Waals surface area (Å²) in [5.41, 5.74) is 6.67. The quantitative estimate of drug-likeness (QED) is 0.682. The summed E-state index contributed by atoms with van der Waals surface area (Å²) >= 11 is 0. The van der Waals surface area contributed by atoms with E-state index in [1.807, 2.05) is 32.0 Å². The highest BCUT2D eigenvalue weighted by atomic mass is 16.3. The predicted octanol–water partition coefficient (Wildman–Crippen LogP) is 0.620. The molecule has 1 unspecified atom stereocenters. The van der Waals surface area contributed by atoms with Gasteiger partial charge in [-0.3, -0.25) is 4.79 Å². The molecule has 1 aromatic carbocycles. The average molecular weight is 265 g/mol. The number of hydrogen-bond acceptors (Lipinski definition) is 4. The van der Waals surface area contributed by atoms with E-state index in [1.165, 1.54) is 0 Å². The number of hydrogen-bond donors (Lipinski definition) is 3. The highest BCUT2D eigenvalue weighted by molar-refractivity contribution is 5.96. The fourth-order valence-corrected chi connectivity index (χ4v) is 1.99. The average Bonchev–Trinajstić information content (AvgIpc) is 2.27. The molecule has 1 rings (SSSR count). The minimum atomic E-state index is -0.965. The van der Waals surface area contributed by atoms with E-state index in [0.717, 1.165) is 5.56 Å². The first kappa shape index (κ1) is 15.5. The molecule has 1 atom stereocenters. The lowest BCUT2D eigenvalue weighted by atomic mass is 10.0. The van der Waals surface area contributed by atoms with Crippen molar-refractivity contribution in [2.45, 2.75) is 19.4 Å². The second kappa shape index (κ2) is 6.04. The van der Waals surface area contributed by atoms with Gasteiger partial charge in [-0.05, 0) is 45.6 Å². The van der Waals surface area contributed by atoms with Crippen LogP contribution in [0.4, 0.5) is 5.69 Å². The molecule has 0 radical (unpaired) electrons. The second-order valence-electron chi connectivity index (χ2n) is 5.49. The van der Waals surface area contributed by atoms with Crippen LogP contribution in [-0.4, -0.2) is 48.7 Å². The van der Waals surface area contributed by atoms with Crippen molar-refractivity contribution in [1.82, 2.24) is 10.2 Å². The third-order valence-corrected chi connectivity index (χ3v) is 2.79. The van der Waals surface area contributed by atoms with E-state index in [-0.39, 0.29) is 12.5 Å². The zero-order valence-corrected chi connectivity index (χ0v) is 12.0. The monoisotopic (exact) mass is 265 g/mol. The van der Waals surface area contributed by atoms with Crippen molar-refractivity contribution in [2.75, 3.05) is 32.9 Å². The molecule has 5 nitrogen and oxygen atoms in total. The number of nitrogens with zero attached hydrogens (tertiary/aromatic N) is 1. The predicted molar refractivity (Wildman–Crippen MR) is 77.1 cm³/mol. The molecule has 0 aliphatic carbocycles. The Morgan fingerprint density at radius 2 is 2.11 bits per heavy atom. The molecular formula is C14H23N3O2. The Labute approximate surface area is 114 Å². The van der Waals surface area contributed by atoms with E-state index >= 15 is 0 Å². The van der Waals surface area contributed by atoms with Crippen LogP contribution in [0.2, 0.25) is 0 Å². The summed E-state index contributed by atoms with van der Waals surface area (Å²) in [6, 6.07) is 5.21. The van der Waals surface area contributed by atoms with Crippen LogP contribution in [0.5, 0.6) is 0 Å². The molecule has 0 heterocycles. The number of rotatable bonds is 5. The van der Waals surface area contributed by atoms with Crippen LogP contribution in [-0.2, 0) is 0 Å². The number of nitrogen functional groups attached to an aromatic ring is 1. The van der Waals surface area contributed by atoms with Crippen LogP contribution >= 0.6 is 0 Å². The molecule has 5 heteroatoms. The van der Waals surface area contributed by atoms with Gasteiger partial charge in [0.25, 0.3) is 5.91 Å². The third-order valence-electron chi connectivity index (χ3n) is 2.79. The molecule has 0 spiro atoms. The first-order chi connectivity index (χ1) is 8.71. The summed E-state index contributed by atoms with van der Waals surface area (Å²) in [7, 11) is 3.75. The maximum Gasteiger partial charge on any atom is 0.251 e. The maximum absolute atomic E-state index is 12.1. The number of carbonyl (C=O) groups is 1. The first-order valence-electron chi connectivity index (χ1n) is 6.23. The number of likely N-dealkylation sites (N-methyl/N-ethyl adjacent to an activating group) is 1. The van der Waals surface area contributed by atoms with Crippen molar-refractivity contribution < 1.29 is 9.90 Å². The maximum atomic E-state index is 12.1. The van der Waals surface area contributed by atoms with Crippen molar-refractivity contribution in [3.05, 3.63) is 29.3 Å². The van der Waals surface area contributed by atoms with Crippen LogP contribution in [0.15, 0.2) is 18.2 Å². The van der Waals surface area contributed by atoms with Gasteiger partial charge in [-0.25, -0.2) is 0 Å². The number of benzene rings is 1. The van der Waals surface area contributed by atoms with Crippen LogP contribution in [0.25, 0.3) is 0 Å². The summed E-state index contributed by atoms with van der Waals surface area (Å²) in [6.45, 7) is 4.22. The van der Waals surface area contributed by atoms with Gasteiger partial charge in [-0.1, -0.05) is 6.07 Å². The van der Waals surface area contributed by atoms with E-state index in [1.54, 1.807) is 19.1 Å². The zero-order chi connectivity index (χ0) is 14.6. The number of nitrogens with one attached hydrogen (secondary N) is 1. The Bertz CT molecular complexity index is 456. The Balaban J connectivity index is 2.68. The Hall–Kier alpha value is -1.59. The summed E-state index contributed by atoms with van der Waals surface area (Å²) in [5.74, 6) is -0.219. The van der Waals surface area contributed by atoms with Gasteiger partial charge in [0, 0.05) is 24.3 Å². The molecule has 0 aliphatic rings. The molecule has 106 valence electrons. The normalized spacial score (nSPS) is 14.2. The number of anilines is 1. The van der Waals surface area contributed by atoms with Gasteiger partial charge in [0.1, 0.15) is 0 Å². The number of aliphatic hydroxyl groups is 1. The van der Waals surface area contributed by atoms with Crippen molar-refractivity contribution >= 4 is 11.6 Å². The van der Waals surface area contributed by atoms with E-state index in [9.17, 15) is 9.90 Å². The van der Waals surface area contributed by atoms with E-state index in [4.69, 9.17) is 5.73 Å². The summed E-state index contributed by atoms with van der Waals surface area (Å²) in [4.78, 5) is 13.9. The van der Waals surface area contributed by atoms with Crippen molar-refractivity contribution in [3.8, 4) is 0 Å². The minimum Gasteiger partial charge on any atom is -0.399 e. The van der Waals surface area contributed by atoms with Gasteiger partial charge >= 0.3 is 0 Å². The van der Waals surface area contributed by atoms with Gasteiger partial charge in [0.05, 0.1) is 5.60 Å². The Morgan fingerprint density at radius 1 is 1.47 bits per heavy atom. The molecule has 0 aliphatic heterocycles. The van der Waals surface area contributed by atoms with Crippen LogP contribution in [0.1, 0.15) is 22.8 Å². The molecule has 1 aromatic rings. The molecule has 0 saturated heterocycles. The fourth-order valence-electron chi connectivity index (χ4n) is 1.99. The zero-order valence-electron chi connectivity index (χ0n) is 12.0. The lowest BCUT2D eigenvalue weighted by molar-refractivity contribution is 0.0326. The smallest absolute Gasteiger partial charge is 0.251 e. The Morgan fingerprint density at radius 3 is 2.68 bits per heavy atom. The van der Waals surface area contributed by atoms with Gasteiger partial charge < -0.3 is 21.1 Å². The van der Waals surface area contributed by atoms with Gasteiger partial charge in [0.2, 0.25) is 0 Å². The number of aryl methyl sites for hydroxylation is 1. The van der Waals surface area contributed by atoms with E-state index in [2.05, 4.69) is 5.32 Å². The second-order valence-corrected chi connectivity index (χ2v) is 5.49. The standard InChI is InChI=1S/C14H23N3O2/c1-10-5-6-11(15)7-12(10)13(18)16-8-14(2,19)9-17(3)4/h5-7,19H,8-9,15H2,1-4H3,(H,16,18). The van der Waals surface area contributed by atoms with Gasteiger partial charge in [0.15, 0.2) is 0 Å². The lowest BCUT2D eigenvalue weighted by Crippen LogP contribution is -2.47. The fraction of sp³-hybridized carbons (Fsp3) is 0.500. The minimum absolute atomic E-state index is 0.193. The number of nitrogens with two attached hydrogens (primary N) is 1. The van der Waals surface area contributed by atoms with E-state index in [0.29, 0.717) is 17.8 Å². The lowest BCUT2D eigenvalue weighted by Gasteiger charge is -2.27. The number of amides is 1. The van der Waals surface area contributed by atoms with Crippen LogP contribution in [0, 0.1) is 6.92 Å². The van der Waals surface area contributed by atoms with Crippen molar-refractivity contribution in [2.24, 2.45) is 0 Å². The van der Waals surface area contributed by atoms with Crippen molar-refractivity contribution in [1.29, 1.82) is 0 Å². The molecule has 19 heavy (non-hydrogen) atoms. The molecule has 0 fully saturated rings. The molecule has 0 saturated carbocycles. The Kier molecular flexibility index (Phi) is 4.91. The van der Waals surface area contributed by atoms with Crippen LogP contribution in [0.3, 0.4) is 0 Å². The molecule has 4 N–H and O–H groups in total. The molecule has 0 aromatic heterocycles. The molecule has 0 bridgehead atoms. The molecule has 1 amide bonds. The van der Waals surface area contributed by atoms with Crippen molar-refractivity contribution in [3.63, 3.8) is 0 Å². The molecular weight excluding hydrogens is 242 g/mol. The first-order valence-corrected chi connectivity index (χ1v) is 6.23. The highest BCUT2D eigenvalue weighted by Crippen LogP contribution is 2.13.